The minimum absolute atomic E-state index is 0.0861. The number of hydrogen-bond donors (Lipinski definition) is 1. The Hall–Kier alpha value is -2.67. The molecule has 1 aromatic carbocycles. The molecule has 0 aliphatic carbocycles. The lowest BCUT2D eigenvalue weighted by molar-refractivity contribution is -0.113. The third-order valence-corrected chi connectivity index (χ3v) is 5.04. The van der Waals surface area contributed by atoms with Crippen LogP contribution in [-0.4, -0.2) is 26.2 Å². The van der Waals surface area contributed by atoms with Crippen molar-refractivity contribution in [3.05, 3.63) is 72.2 Å². The van der Waals surface area contributed by atoms with E-state index in [9.17, 15) is 9.18 Å². The van der Waals surface area contributed by atoms with Gasteiger partial charge in [-0.15, -0.1) is 11.8 Å². The number of imidazole rings is 1. The number of amides is 1. The minimum atomic E-state index is -0.295. The predicted octanol–water partition coefficient (Wildman–Crippen LogP) is 3.18. The molecule has 4 rings (SSSR count). The van der Waals surface area contributed by atoms with E-state index in [0.717, 1.165) is 16.9 Å². The van der Waals surface area contributed by atoms with E-state index >= 15 is 0 Å². The minimum Gasteiger partial charge on any atom is -0.308 e. The highest BCUT2D eigenvalue weighted by atomic mass is 32.2. The normalized spacial score (nSPS) is 17.0. The van der Waals surface area contributed by atoms with Crippen LogP contribution >= 0.6 is 11.8 Å². The highest BCUT2D eigenvalue weighted by Crippen LogP contribution is 2.41. The summed E-state index contributed by atoms with van der Waals surface area (Å²) in [7, 11) is 0. The van der Waals surface area contributed by atoms with Gasteiger partial charge in [0, 0.05) is 18.1 Å². The average Bonchev–Trinajstić information content (AvgIpc) is 2.92. The monoisotopic (exact) mass is 340 g/mol. The van der Waals surface area contributed by atoms with E-state index in [1.54, 1.807) is 30.9 Å². The molecule has 24 heavy (non-hydrogen) atoms. The number of benzene rings is 1. The number of pyridine rings is 1. The Kier molecular flexibility index (Phi) is 3.78. The molecule has 0 fully saturated rings. The van der Waals surface area contributed by atoms with Crippen molar-refractivity contribution in [3.63, 3.8) is 0 Å². The molecule has 1 unspecified atom stereocenters. The van der Waals surface area contributed by atoms with Crippen LogP contribution in [0.4, 0.5) is 10.2 Å². The number of carbonyl (C=O) groups excluding carboxylic acids is 1. The molecule has 0 bridgehead atoms. The Morgan fingerprint density at radius 2 is 2.08 bits per heavy atom. The van der Waals surface area contributed by atoms with Crippen LogP contribution < -0.4 is 5.32 Å². The third-order valence-electron chi connectivity index (χ3n) is 3.78. The number of nitrogens with zero attached hydrogens (tertiary/aromatic N) is 3. The maximum absolute atomic E-state index is 13.2. The molecule has 3 heterocycles. The Morgan fingerprint density at radius 1 is 1.25 bits per heavy atom. The largest absolute Gasteiger partial charge is 0.308 e. The van der Waals surface area contributed by atoms with Gasteiger partial charge in [0.05, 0.1) is 16.7 Å². The quantitative estimate of drug-likeness (QED) is 0.778. The fourth-order valence-corrected chi connectivity index (χ4v) is 3.81. The van der Waals surface area contributed by atoms with Crippen molar-refractivity contribution in [3.8, 4) is 5.69 Å². The van der Waals surface area contributed by atoms with Gasteiger partial charge >= 0.3 is 0 Å². The molecule has 0 radical (unpaired) electrons. The van der Waals surface area contributed by atoms with Gasteiger partial charge in [-0.3, -0.25) is 14.3 Å². The average molecular weight is 340 g/mol. The Labute approximate surface area is 141 Å². The van der Waals surface area contributed by atoms with Gasteiger partial charge < -0.3 is 5.32 Å². The van der Waals surface area contributed by atoms with Crippen molar-refractivity contribution in [2.24, 2.45) is 0 Å². The SMILES string of the molecule is O=C1CSC(c2cccnc2)c2c(ncn2-c2ccc(F)cc2)N1. The summed E-state index contributed by atoms with van der Waals surface area (Å²) in [6.45, 7) is 0. The molecule has 1 aliphatic heterocycles. The van der Waals surface area contributed by atoms with Crippen molar-refractivity contribution in [1.29, 1.82) is 0 Å². The number of fused-ring (bicyclic) bond motifs is 1. The van der Waals surface area contributed by atoms with Gasteiger partial charge in [-0.1, -0.05) is 6.07 Å². The van der Waals surface area contributed by atoms with E-state index in [2.05, 4.69) is 15.3 Å². The van der Waals surface area contributed by atoms with E-state index < -0.39 is 0 Å². The lowest BCUT2D eigenvalue weighted by Gasteiger charge is -2.17. The molecule has 1 aliphatic rings. The molecule has 1 atom stereocenters. The number of hydrogen-bond acceptors (Lipinski definition) is 4. The van der Waals surface area contributed by atoms with Gasteiger partial charge in [-0.25, -0.2) is 9.37 Å². The highest BCUT2D eigenvalue weighted by molar-refractivity contribution is 8.00. The second-order valence-corrected chi connectivity index (χ2v) is 6.44. The van der Waals surface area contributed by atoms with E-state index in [-0.39, 0.29) is 17.0 Å². The van der Waals surface area contributed by atoms with Crippen LogP contribution in [0.1, 0.15) is 16.5 Å². The molecule has 3 aromatic rings. The highest BCUT2D eigenvalue weighted by Gasteiger charge is 2.29. The first-order valence-corrected chi connectivity index (χ1v) is 8.42. The maximum Gasteiger partial charge on any atom is 0.235 e. The van der Waals surface area contributed by atoms with Crippen molar-refractivity contribution < 1.29 is 9.18 Å². The number of thioether (sulfide) groups is 1. The summed E-state index contributed by atoms with van der Waals surface area (Å²) in [5.41, 5.74) is 2.63. The third kappa shape index (κ3) is 2.67. The van der Waals surface area contributed by atoms with Gasteiger partial charge in [0.15, 0.2) is 5.82 Å². The Balaban J connectivity index is 1.87. The first-order chi connectivity index (χ1) is 11.7. The summed E-state index contributed by atoms with van der Waals surface area (Å²) in [5.74, 6) is 0.482. The standard InChI is InChI=1S/C17H13FN4OS/c18-12-3-5-13(6-4-12)22-10-20-17-15(22)16(24-9-14(23)21-17)11-2-1-7-19-8-11/h1-8,10,16H,9H2,(H,21,23). The van der Waals surface area contributed by atoms with Crippen molar-refractivity contribution in [2.45, 2.75) is 5.25 Å². The van der Waals surface area contributed by atoms with Crippen LogP contribution in [0.5, 0.6) is 0 Å². The van der Waals surface area contributed by atoms with E-state index in [0.29, 0.717) is 11.6 Å². The predicted molar refractivity (Wildman–Crippen MR) is 90.7 cm³/mol. The fourth-order valence-electron chi connectivity index (χ4n) is 2.70. The van der Waals surface area contributed by atoms with E-state index in [4.69, 9.17) is 0 Å². The molecular formula is C17H13FN4OS. The smallest absolute Gasteiger partial charge is 0.235 e. The van der Waals surface area contributed by atoms with Crippen LogP contribution in [0.25, 0.3) is 5.69 Å². The molecule has 2 aromatic heterocycles. The summed E-state index contributed by atoms with van der Waals surface area (Å²) >= 11 is 1.52. The van der Waals surface area contributed by atoms with Gasteiger partial charge in [0.1, 0.15) is 12.1 Å². The van der Waals surface area contributed by atoms with Crippen LogP contribution in [0.2, 0.25) is 0 Å². The van der Waals surface area contributed by atoms with E-state index in [1.807, 2.05) is 16.7 Å². The zero-order chi connectivity index (χ0) is 16.5. The topological polar surface area (TPSA) is 59.8 Å². The summed E-state index contributed by atoms with van der Waals surface area (Å²) in [5, 5.41) is 2.74. The van der Waals surface area contributed by atoms with Gasteiger partial charge in [0.25, 0.3) is 0 Å². The number of aromatic nitrogens is 3. The second kappa shape index (κ2) is 6.09. The molecular weight excluding hydrogens is 327 g/mol. The molecule has 0 saturated heterocycles. The zero-order valence-electron chi connectivity index (χ0n) is 12.5. The fraction of sp³-hybridized carbons (Fsp3) is 0.118. The molecule has 120 valence electrons. The summed E-state index contributed by atoms with van der Waals surface area (Å²) in [4.78, 5) is 20.5. The van der Waals surface area contributed by atoms with Gasteiger partial charge in [0.2, 0.25) is 5.91 Å². The van der Waals surface area contributed by atoms with Crippen molar-refractivity contribution >= 4 is 23.5 Å². The summed E-state index contributed by atoms with van der Waals surface area (Å²) < 4.78 is 15.1. The van der Waals surface area contributed by atoms with E-state index in [1.165, 1.54) is 23.9 Å². The summed E-state index contributed by atoms with van der Waals surface area (Å²) in [6, 6.07) is 10.0. The number of carbonyl (C=O) groups is 1. The number of halogens is 1. The number of nitrogens with one attached hydrogen (secondary N) is 1. The second-order valence-electron chi connectivity index (χ2n) is 5.35. The molecule has 1 amide bonds. The maximum atomic E-state index is 13.2. The van der Waals surface area contributed by atoms with Crippen molar-refractivity contribution in [2.75, 3.05) is 11.1 Å². The Morgan fingerprint density at radius 3 is 2.83 bits per heavy atom. The van der Waals surface area contributed by atoms with Crippen LogP contribution in [0.3, 0.4) is 0 Å². The first-order valence-electron chi connectivity index (χ1n) is 7.37. The van der Waals surface area contributed by atoms with Gasteiger partial charge in [-0.2, -0.15) is 0 Å². The van der Waals surface area contributed by atoms with Crippen LogP contribution in [0.15, 0.2) is 55.1 Å². The summed E-state index contributed by atoms with van der Waals surface area (Å²) in [6.07, 6.45) is 5.15. The first kappa shape index (κ1) is 14.9. The molecule has 7 heteroatoms. The number of rotatable bonds is 2. The molecule has 1 N–H and O–H groups in total. The molecule has 0 spiro atoms. The molecule has 0 saturated carbocycles. The lowest BCUT2D eigenvalue weighted by atomic mass is 10.1. The number of anilines is 1. The van der Waals surface area contributed by atoms with Crippen molar-refractivity contribution in [1.82, 2.24) is 14.5 Å². The lowest BCUT2D eigenvalue weighted by Crippen LogP contribution is -2.12. The molecule has 5 nitrogen and oxygen atoms in total. The Bertz CT molecular complexity index is 879. The van der Waals surface area contributed by atoms with Crippen LogP contribution in [0, 0.1) is 5.82 Å². The zero-order valence-corrected chi connectivity index (χ0v) is 13.3. The van der Waals surface area contributed by atoms with Gasteiger partial charge in [-0.05, 0) is 35.9 Å². The van der Waals surface area contributed by atoms with Crippen LogP contribution in [-0.2, 0) is 4.79 Å².